The van der Waals surface area contributed by atoms with Gasteiger partial charge < -0.3 is 10.2 Å². The van der Waals surface area contributed by atoms with E-state index in [0.29, 0.717) is 47.7 Å². The molecular weight excluding hydrogens is 455 g/mol. The smallest absolute Gasteiger partial charge is 0.242 e. The summed E-state index contributed by atoms with van der Waals surface area (Å²) in [6.07, 6.45) is 1.45. The molecule has 2 rings (SSSR count). The van der Waals surface area contributed by atoms with E-state index in [-0.39, 0.29) is 18.4 Å². The highest BCUT2D eigenvalue weighted by Gasteiger charge is 2.29. The monoisotopic (exact) mass is 490 g/mol. The molecule has 1 atom stereocenters. The van der Waals surface area contributed by atoms with E-state index in [1.807, 2.05) is 26.8 Å². The largest absolute Gasteiger partial charge is 0.354 e. The first-order chi connectivity index (χ1) is 15.6. The van der Waals surface area contributed by atoms with Crippen LogP contribution in [0.5, 0.6) is 0 Å². The van der Waals surface area contributed by atoms with Gasteiger partial charge in [-0.3, -0.25) is 9.59 Å². The van der Waals surface area contributed by atoms with Crippen molar-refractivity contribution in [1.82, 2.24) is 10.2 Å². The second-order valence-corrected chi connectivity index (χ2v) is 10.1. The molecule has 0 aliphatic rings. The molecule has 0 heterocycles. The molecule has 0 radical (unpaired) electrons. The maximum absolute atomic E-state index is 13.4. The van der Waals surface area contributed by atoms with Crippen molar-refractivity contribution < 1.29 is 9.59 Å². The van der Waals surface area contributed by atoms with Gasteiger partial charge in [0, 0.05) is 29.6 Å². The van der Waals surface area contributed by atoms with Crippen LogP contribution in [0.25, 0.3) is 0 Å². The zero-order valence-corrected chi connectivity index (χ0v) is 21.8. The lowest BCUT2D eigenvalue weighted by atomic mass is 10.00. The highest BCUT2D eigenvalue weighted by Crippen LogP contribution is 2.24. The Kier molecular flexibility index (Phi) is 10.7. The highest BCUT2D eigenvalue weighted by atomic mass is 35.5. The normalized spacial score (nSPS) is 12.2. The van der Waals surface area contributed by atoms with Crippen molar-refractivity contribution in [3.63, 3.8) is 0 Å². The van der Waals surface area contributed by atoms with Crippen molar-refractivity contribution >= 4 is 35.0 Å². The van der Waals surface area contributed by atoms with Gasteiger partial charge in [0.25, 0.3) is 0 Å². The number of carbonyl (C=O) groups is 2. The molecule has 1 N–H and O–H groups in total. The van der Waals surface area contributed by atoms with Gasteiger partial charge in [0.15, 0.2) is 0 Å². The van der Waals surface area contributed by atoms with Crippen molar-refractivity contribution in [2.24, 2.45) is 5.92 Å². The summed E-state index contributed by atoms with van der Waals surface area (Å²) in [6, 6.07) is 13.1. The third-order valence-corrected chi connectivity index (χ3v) is 6.29. The molecule has 33 heavy (non-hydrogen) atoms. The molecule has 4 nitrogen and oxygen atoms in total. The molecule has 0 fully saturated rings. The Labute approximate surface area is 208 Å². The maximum atomic E-state index is 13.4. The van der Waals surface area contributed by atoms with Gasteiger partial charge in [0.05, 0.1) is 0 Å². The van der Waals surface area contributed by atoms with Crippen LogP contribution < -0.4 is 5.32 Å². The lowest BCUT2D eigenvalue weighted by Gasteiger charge is -2.31. The molecule has 1 unspecified atom stereocenters. The van der Waals surface area contributed by atoms with Gasteiger partial charge in [0.2, 0.25) is 11.8 Å². The minimum atomic E-state index is -0.564. The molecule has 0 aliphatic heterocycles. The van der Waals surface area contributed by atoms with Gasteiger partial charge in [-0.2, -0.15) is 0 Å². The third kappa shape index (κ3) is 8.35. The zero-order valence-electron chi connectivity index (χ0n) is 20.3. The van der Waals surface area contributed by atoms with Crippen LogP contribution in [0, 0.1) is 5.92 Å². The summed E-state index contributed by atoms with van der Waals surface area (Å²) in [5.74, 6) is 0.594. The Hall–Kier alpha value is -2.04. The first kappa shape index (κ1) is 27.2. The van der Waals surface area contributed by atoms with Gasteiger partial charge in [0.1, 0.15) is 6.04 Å². The van der Waals surface area contributed by atoms with Gasteiger partial charge in [-0.25, -0.2) is 0 Å². The lowest BCUT2D eigenvalue weighted by Crippen LogP contribution is -2.49. The molecule has 2 aromatic carbocycles. The van der Waals surface area contributed by atoms with E-state index in [9.17, 15) is 9.59 Å². The van der Waals surface area contributed by atoms with E-state index in [0.717, 1.165) is 11.1 Å². The van der Waals surface area contributed by atoms with Crippen molar-refractivity contribution in [3.05, 3.63) is 69.2 Å². The number of hydrogen-bond donors (Lipinski definition) is 1. The van der Waals surface area contributed by atoms with Crippen molar-refractivity contribution in [3.8, 4) is 0 Å². The van der Waals surface area contributed by atoms with Crippen LogP contribution in [0.1, 0.15) is 70.1 Å². The van der Waals surface area contributed by atoms with E-state index in [1.54, 1.807) is 17.0 Å². The topological polar surface area (TPSA) is 49.4 Å². The number of nitrogens with one attached hydrogen (secondary N) is 1. The Morgan fingerprint density at radius 3 is 2.21 bits per heavy atom. The minimum Gasteiger partial charge on any atom is -0.354 e. The molecule has 2 amide bonds. The number of nitrogens with zero attached hydrogens (tertiary/aromatic N) is 1. The van der Waals surface area contributed by atoms with Crippen molar-refractivity contribution in [2.75, 3.05) is 6.54 Å². The lowest BCUT2D eigenvalue weighted by molar-refractivity contribution is -0.141. The predicted molar refractivity (Wildman–Crippen MR) is 138 cm³/mol. The number of amides is 2. The molecular formula is C27H36Cl2N2O2. The van der Waals surface area contributed by atoms with Gasteiger partial charge >= 0.3 is 0 Å². The summed E-state index contributed by atoms with van der Waals surface area (Å²) in [4.78, 5) is 28.0. The summed E-state index contributed by atoms with van der Waals surface area (Å²) >= 11 is 12.4. The zero-order chi connectivity index (χ0) is 24.5. The number of hydrogen-bond acceptors (Lipinski definition) is 2. The summed E-state index contributed by atoms with van der Waals surface area (Å²) < 4.78 is 0. The summed E-state index contributed by atoms with van der Waals surface area (Å²) in [5, 5.41) is 4.00. The fourth-order valence-corrected chi connectivity index (χ4v) is 4.11. The van der Waals surface area contributed by atoms with Gasteiger partial charge in [-0.15, -0.1) is 0 Å². The van der Waals surface area contributed by atoms with Crippen LogP contribution in [-0.2, 0) is 22.6 Å². The number of benzene rings is 2. The number of aryl methyl sites for hydroxylation is 1. The predicted octanol–water partition coefficient (Wildman–Crippen LogP) is 6.63. The van der Waals surface area contributed by atoms with Crippen LogP contribution in [0.3, 0.4) is 0 Å². The molecule has 6 heteroatoms. The molecule has 0 spiro atoms. The standard InChI is InChI=1S/C27H36Cl2N2O2/c1-6-25(27(33)30-16-18(2)3)31(17-22-12-13-23(28)15-24(22)29)26(32)14-9-20-7-10-21(11-8-20)19(4)5/h7-8,10-13,15,18-19,25H,6,9,14,16-17H2,1-5H3,(H,30,33). The Morgan fingerprint density at radius 1 is 1.00 bits per heavy atom. The van der Waals surface area contributed by atoms with Crippen molar-refractivity contribution in [1.29, 1.82) is 0 Å². The van der Waals surface area contributed by atoms with Crippen molar-refractivity contribution in [2.45, 2.75) is 72.4 Å². The Morgan fingerprint density at radius 2 is 1.67 bits per heavy atom. The molecule has 0 bridgehead atoms. The fraction of sp³-hybridized carbons (Fsp3) is 0.481. The van der Waals surface area contributed by atoms with Crippen LogP contribution in [0.4, 0.5) is 0 Å². The van der Waals surface area contributed by atoms with E-state index in [2.05, 4.69) is 43.4 Å². The molecule has 0 aromatic heterocycles. The van der Waals surface area contributed by atoms with E-state index >= 15 is 0 Å². The summed E-state index contributed by atoms with van der Waals surface area (Å²) in [7, 11) is 0. The SMILES string of the molecule is CCC(C(=O)NCC(C)C)N(Cc1ccc(Cl)cc1Cl)C(=O)CCc1ccc(C(C)C)cc1. The summed E-state index contributed by atoms with van der Waals surface area (Å²) in [5.41, 5.74) is 3.15. The number of carbonyl (C=O) groups excluding carboxylic acids is 2. The van der Waals surface area contributed by atoms with E-state index < -0.39 is 6.04 Å². The highest BCUT2D eigenvalue weighted by molar-refractivity contribution is 6.35. The fourth-order valence-electron chi connectivity index (χ4n) is 3.64. The number of halogens is 2. The second-order valence-electron chi connectivity index (χ2n) is 9.22. The molecule has 180 valence electrons. The van der Waals surface area contributed by atoms with Gasteiger partial charge in [-0.1, -0.05) is 88.2 Å². The van der Waals surface area contributed by atoms with Crippen LogP contribution in [0.15, 0.2) is 42.5 Å². The summed E-state index contributed by atoms with van der Waals surface area (Å²) in [6.45, 7) is 11.2. The minimum absolute atomic E-state index is 0.0690. The number of rotatable bonds is 11. The molecule has 0 saturated carbocycles. The van der Waals surface area contributed by atoms with E-state index in [1.165, 1.54) is 5.56 Å². The van der Waals surface area contributed by atoms with Gasteiger partial charge in [-0.05, 0) is 53.5 Å². The Bertz CT molecular complexity index is 926. The van der Waals surface area contributed by atoms with Crippen LogP contribution >= 0.6 is 23.2 Å². The maximum Gasteiger partial charge on any atom is 0.242 e. The third-order valence-electron chi connectivity index (χ3n) is 5.70. The second kappa shape index (κ2) is 13.0. The molecule has 0 aliphatic carbocycles. The molecule has 0 saturated heterocycles. The van der Waals surface area contributed by atoms with Crippen LogP contribution in [-0.4, -0.2) is 29.3 Å². The quantitative estimate of drug-likeness (QED) is 0.384. The molecule has 2 aromatic rings. The average Bonchev–Trinajstić information content (AvgIpc) is 2.77. The van der Waals surface area contributed by atoms with E-state index in [4.69, 9.17) is 23.2 Å². The van der Waals surface area contributed by atoms with Crippen LogP contribution in [0.2, 0.25) is 10.0 Å². The first-order valence-electron chi connectivity index (χ1n) is 11.7. The Balaban J connectivity index is 2.21. The average molecular weight is 492 g/mol. The first-order valence-corrected chi connectivity index (χ1v) is 12.5.